The van der Waals surface area contributed by atoms with Crippen molar-refractivity contribution >= 4 is 17.2 Å². The van der Waals surface area contributed by atoms with Gasteiger partial charge < -0.3 is 11.1 Å². The van der Waals surface area contributed by atoms with E-state index in [4.69, 9.17) is 23.2 Å². The van der Waals surface area contributed by atoms with E-state index in [1.807, 2.05) is 6.07 Å². The Morgan fingerprint density at radius 3 is 2.46 bits per heavy atom. The Bertz CT molecular complexity index is 261. The number of nitrogens with one attached hydrogen (secondary N) is 1. The molecule has 0 aromatic carbocycles. The minimum absolute atomic E-state index is 0.149. The fraction of sp³-hybridized carbons (Fsp3) is 0.556. The van der Waals surface area contributed by atoms with Crippen LogP contribution in [0, 0.1) is 17.2 Å². The zero-order valence-electron chi connectivity index (χ0n) is 8.22. The molecule has 0 saturated heterocycles. The molecule has 72 valence electrons. The molecule has 0 bridgehead atoms. The van der Waals surface area contributed by atoms with E-state index in [2.05, 4.69) is 19.2 Å². The number of rotatable bonds is 4. The summed E-state index contributed by atoms with van der Waals surface area (Å²) in [6.45, 7) is 6.81. The molecule has 0 radical (unpaired) electrons. The highest BCUT2D eigenvalue weighted by Gasteiger charge is 2.04. The third kappa shape index (κ3) is 4.48. The van der Waals surface area contributed by atoms with Crippen molar-refractivity contribution in [2.75, 3.05) is 6.54 Å². The largest absolute Gasteiger partial charge is 0.389 e. The molecule has 0 atom stereocenters. The van der Waals surface area contributed by atoms with Crippen molar-refractivity contribution in [3.8, 4) is 6.07 Å². The summed E-state index contributed by atoms with van der Waals surface area (Å²) in [5, 5.41) is 11.8. The smallest absolute Gasteiger partial charge is 0.116 e. The van der Waals surface area contributed by atoms with Crippen molar-refractivity contribution in [2.24, 2.45) is 11.7 Å². The Morgan fingerprint density at radius 2 is 2.15 bits per heavy atom. The van der Waals surface area contributed by atoms with Crippen LogP contribution in [0.4, 0.5) is 0 Å². The fourth-order valence-corrected chi connectivity index (χ4v) is 0.968. The van der Waals surface area contributed by atoms with Crippen LogP contribution >= 0.6 is 12.2 Å². The third-order valence-corrected chi connectivity index (χ3v) is 1.71. The van der Waals surface area contributed by atoms with Gasteiger partial charge in [-0.1, -0.05) is 26.1 Å². The molecular formula is C9H15N3S. The molecule has 4 heteroatoms. The maximum atomic E-state index is 8.72. The summed E-state index contributed by atoms with van der Waals surface area (Å²) in [5.41, 5.74) is 6.49. The second kappa shape index (κ2) is 5.55. The van der Waals surface area contributed by atoms with Gasteiger partial charge in [-0.2, -0.15) is 5.26 Å². The van der Waals surface area contributed by atoms with Crippen molar-refractivity contribution in [2.45, 2.75) is 20.8 Å². The average Bonchev–Trinajstić information content (AvgIpc) is 2.01. The zero-order valence-corrected chi connectivity index (χ0v) is 9.03. The van der Waals surface area contributed by atoms with E-state index >= 15 is 0 Å². The van der Waals surface area contributed by atoms with Crippen molar-refractivity contribution in [3.05, 3.63) is 11.3 Å². The maximum Gasteiger partial charge on any atom is 0.116 e. The summed E-state index contributed by atoms with van der Waals surface area (Å²) in [6, 6.07) is 1.98. The van der Waals surface area contributed by atoms with Crippen molar-refractivity contribution in [3.63, 3.8) is 0 Å². The van der Waals surface area contributed by atoms with Crippen LogP contribution in [0.2, 0.25) is 0 Å². The summed E-state index contributed by atoms with van der Waals surface area (Å²) in [5.74, 6) is 0.529. The first-order valence-corrected chi connectivity index (χ1v) is 4.54. The molecule has 0 aliphatic heterocycles. The molecule has 0 aromatic rings. The lowest BCUT2D eigenvalue weighted by Crippen LogP contribution is -2.22. The molecule has 0 aliphatic carbocycles. The summed E-state index contributed by atoms with van der Waals surface area (Å²) in [6.07, 6.45) is 0. The molecule has 0 amide bonds. The standard InChI is InChI=1S/C9H15N3S/c1-6(2)5-12-7(3)8(4-10)9(11)13/h6,12H,5H2,1-3H3,(H2,11,13). The van der Waals surface area contributed by atoms with Gasteiger partial charge in [0.1, 0.15) is 16.6 Å². The molecule has 0 aliphatic rings. The Kier molecular flexibility index (Phi) is 5.09. The summed E-state index contributed by atoms with van der Waals surface area (Å²) in [4.78, 5) is 0.149. The summed E-state index contributed by atoms with van der Waals surface area (Å²) >= 11 is 4.73. The van der Waals surface area contributed by atoms with Gasteiger partial charge in [-0.15, -0.1) is 0 Å². The molecule has 13 heavy (non-hydrogen) atoms. The number of allylic oxidation sites excluding steroid dienone is 1. The Labute approximate surface area is 84.6 Å². The second-order valence-corrected chi connectivity index (χ2v) is 3.69. The highest BCUT2D eigenvalue weighted by Crippen LogP contribution is 2.01. The number of nitrogens with two attached hydrogens (primary N) is 1. The van der Waals surface area contributed by atoms with Crippen LogP contribution in [0.15, 0.2) is 11.3 Å². The van der Waals surface area contributed by atoms with Gasteiger partial charge >= 0.3 is 0 Å². The molecule has 0 saturated carbocycles. The van der Waals surface area contributed by atoms with Crippen molar-refractivity contribution < 1.29 is 0 Å². The van der Waals surface area contributed by atoms with Crippen LogP contribution < -0.4 is 11.1 Å². The lowest BCUT2D eigenvalue weighted by atomic mass is 10.2. The summed E-state index contributed by atoms with van der Waals surface area (Å²) < 4.78 is 0. The molecular weight excluding hydrogens is 182 g/mol. The Morgan fingerprint density at radius 1 is 1.62 bits per heavy atom. The second-order valence-electron chi connectivity index (χ2n) is 3.25. The van der Waals surface area contributed by atoms with Gasteiger partial charge in [0.05, 0.1) is 0 Å². The van der Waals surface area contributed by atoms with Gasteiger partial charge in [0.2, 0.25) is 0 Å². The van der Waals surface area contributed by atoms with Crippen molar-refractivity contribution in [1.29, 1.82) is 5.26 Å². The van der Waals surface area contributed by atoms with Crippen LogP contribution in [0.3, 0.4) is 0 Å². The normalized spacial score (nSPS) is 11.9. The lowest BCUT2D eigenvalue weighted by molar-refractivity contribution is 0.596. The number of nitriles is 1. The highest BCUT2D eigenvalue weighted by molar-refractivity contribution is 7.80. The predicted molar refractivity (Wildman–Crippen MR) is 57.9 cm³/mol. The molecule has 0 unspecified atom stereocenters. The molecule has 0 heterocycles. The van der Waals surface area contributed by atoms with Gasteiger partial charge in [0, 0.05) is 12.2 Å². The zero-order chi connectivity index (χ0) is 10.4. The van der Waals surface area contributed by atoms with Crippen LogP contribution in [0.5, 0.6) is 0 Å². The van der Waals surface area contributed by atoms with Crippen LogP contribution in [-0.2, 0) is 0 Å². The minimum Gasteiger partial charge on any atom is -0.389 e. The van der Waals surface area contributed by atoms with Crippen molar-refractivity contribution in [1.82, 2.24) is 5.32 Å². The van der Waals surface area contributed by atoms with Gasteiger partial charge in [-0.25, -0.2) is 0 Å². The van der Waals surface area contributed by atoms with Crippen LogP contribution in [-0.4, -0.2) is 11.5 Å². The number of hydrogen-bond acceptors (Lipinski definition) is 3. The van der Waals surface area contributed by atoms with Gasteiger partial charge in [0.25, 0.3) is 0 Å². The topological polar surface area (TPSA) is 61.8 Å². The highest BCUT2D eigenvalue weighted by atomic mass is 32.1. The summed E-state index contributed by atoms with van der Waals surface area (Å²) in [7, 11) is 0. The minimum atomic E-state index is 0.149. The number of nitrogens with zero attached hydrogens (tertiary/aromatic N) is 1. The van der Waals surface area contributed by atoms with E-state index in [1.54, 1.807) is 6.92 Å². The van der Waals surface area contributed by atoms with Crippen LogP contribution in [0.1, 0.15) is 20.8 Å². The van der Waals surface area contributed by atoms with Gasteiger partial charge in [-0.05, 0) is 12.8 Å². The predicted octanol–water partition coefficient (Wildman–Crippen LogP) is 1.32. The fourth-order valence-electron chi connectivity index (χ4n) is 0.769. The van der Waals surface area contributed by atoms with E-state index in [1.165, 1.54) is 0 Å². The molecule has 0 rings (SSSR count). The first kappa shape index (κ1) is 11.9. The molecule has 0 aromatic heterocycles. The van der Waals surface area contributed by atoms with E-state index in [0.717, 1.165) is 12.2 Å². The molecule has 0 fully saturated rings. The average molecular weight is 197 g/mol. The Balaban J connectivity index is 4.42. The first-order chi connectivity index (χ1) is 5.99. The maximum absolute atomic E-state index is 8.72. The third-order valence-electron chi connectivity index (χ3n) is 1.51. The Hall–Kier alpha value is -1.08. The molecule has 3 nitrogen and oxygen atoms in total. The molecule has 3 N–H and O–H groups in total. The number of hydrogen-bond donors (Lipinski definition) is 2. The van der Waals surface area contributed by atoms with Crippen LogP contribution in [0.25, 0.3) is 0 Å². The number of thiocarbonyl (C=S) groups is 1. The van der Waals surface area contributed by atoms with E-state index < -0.39 is 0 Å². The lowest BCUT2D eigenvalue weighted by Gasteiger charge is -2.10. The monoisotopic (exact) mass is 197 g/mol. The van der Waals surface area contributed by atoms with Gasteiger partial charge in [-0.3, -0.25) is 0 Å². The quantitative estimate of drug-likeness (QED) is 0.405. The van der Waals surface area contributed by atoms with E-state index in [9.17, 15) is 0 Å². The van der Waals surface area contributed by atoms with E-state index in [-0.39, 0.29) is 4.99 Å². The molecule has 0 spiro atoms. The van der Waals surface area contributed by atoms with E-state index in [0.29, 0.717) is 11.5 Å². The SMILES string of the molecule is CC(NCC(C)C)=C(C#N)C(N)=S. The van der Waals surface area contributed by atoms with Gasteiger partial charge in [0.15, 0.2) is 0 Å². The first-order valence-electron chi connectivity index (χ1n) is 4.13.